The van der Waals surface area contributed by atoms with Gasteiger partial charge in [0.25, 0.3) is 0 Å². The quantitative estimate of drug-likeness (QED) is 0.819. The molecule has 0 fully saturated rings. The van der Waals surface area contributed by atoms with Gasteiger partial charge in [0.05, 0.1) is 5.69 Å². The van der Waals surface area contributed by atoms with Crippen molar-refractivity contribution in [3.63, 3.8) is 0 Å². The molecule has 3 heteroatoms. The van der Waals surface area contributed by atoms with Gasteiger partial charge in [-0.3, -0.25) is 0 Å². The highest BCUT2D eigenvalue weighted by Crippen LogP contribution is 2.19. The third kappa shape index (κ3) is 4.35. The number of rotatable bonds is 6. The van der Waals surface area contributed by atoms with Crippen LogP contribution in [0.15, 0.2) is 18.2 Å². The molecule has 0 saturated carbocycles. The number of anilines is 1. The molecular weight excluding hydrogens is 215 g/mol. The Hall–Kier alpha value is -1.09. The number of nitrogens with zero attached hydrogens (tertiary/aromatic N) is 1. The zero-order valence-corrected chi connectivity index (χ0v) is 11.3. The Morgan fingerprint density at radius 1 is 1.35 bits per heavy atom. The lowest BCUT2D eigenvalue weighted by Gasteiger charge is -2.18. The van der Waals surface area contributed by atoms with Crippen LogP contribution in [0.2, 0.25) is 0 Å². The van der Waals surface area contributed by atoms with Crippen LogP contribution in [0.3, 0.4) is 0 Å². The van der Waals surface area contributed by atoms with E-state index in [1.165, 1.54) is 0 Å². The fraction of sp³-hybridized carbons (Fsp3) is 0.571. The van der Waals surface area contributed by atoms with Gasteiger partial charge >= 0.3 is 0 Å². The van der Waals surface area contributed by atoms with Crippen LogP contribution in [0.4, 0.5) is 10.1 Å². The van der Waals surface area contributed by atoms with Crippen LogP contribution in [0.5, 0.6) is 0 Å². The van der Waals surface area contributed by atoms with E-state index in [1.54, 1.807) is 6.07 Å². The Morgan fingerprint density at radius 2 is 2.06 bits per heavy atom. The normalized spacial score (nSPS) is 10.9. The van der Waals surface area contributed by atoms with Gasteiger partial charge in [-0.1, -0.05) is 19.9 Å². The molecule has 96 valence electrons. The topological polar surface area (TPSA) is 15.3 Å². The molecule has 0 heterocycles. The van der Waals surface area contributed by atoms with E-state index in [0.717, 1.165) is 25.2 Å². The third-order valence-corrected chi connectivity index (χ3v) is 2.78. The summed E-state index contributed by atoms with van der Waals surface area (Å²) in [5, 5.41) is 3.31. The molecule has 0 aliphatic heterocycles. The highest BCUT2D eigenvalue weighted by molar-refractivity contribution is 5.48. The molecule has 1 aromatic carbocycles. The minimum atomic E-state index is -0.141. The van der Waals surface area contributed by atoms with Crippen molar-refractivity contribution in [2.45, 2.75) is 27.3 Å². The molecule has 2 nitrogen and oxygen atoms in total. The van der Waals surface area contributed by atoms with Crippen molar-refractivity contribution in [2.75, 3.05) is 25.0 Å². The summed E-state index contributed by atoms with van der Waals surface area (Å²) in [6.45, 7) is 8.82. The van der Waals surface area contributed by atoms with E-state index < -0.39 is 0 Å². The Morgan fingerprint density at radius 3 is 2.59 bits per heavy atom. The molecule has 17 heavy (non-hydrogen) atoms. The average molecular weight is 238 g/mol. The smallest absolute Gasteiger partial charge is 0.146 e. The van der Waals surface area contributed by atoms with Crippen LogP contribution >= 0.6 is 0 Å². The van der Waals surface area contributed by atoms with Gasteiger partial charge in [-0.25, -0.2) is 4.39 Å². The van der Waals surface area contributed by atoms with Gasteiger partial charge in [-0.2, -0.15) is 0 Å². The molecule has 0 amide bonds. The molecule has 0 aliphatic carbocycles. The van der Waals surface area contributed by atoms with E-state index >= 15 is 0 Å². The van der Waals surface area contributed by atoms with Crippen LogP contribution in [-0.4, -0.2) is 20.1 Å². The second-order valence-corrected chi connectivity index (χ2v) is 4.82. The van der Waals surface area contributed by atoms with Gasteiger partial charge < -0.3 is 10.2 Å². The summed E-state index contributed by atoms with van der Waals surface area (Å²) in [7, 11) is 1.90. The highest BCUT2D eigenvalue weighted by Gasteiger charge is 2.06. The van der Waals surface area contributed by atoms with Crippen LogP contribution in [0.25, 0.3) is 0 Å². The fourth-order valence-corrected chi connectivity index (χ4v) is 1.65. The second kappa shape index (κ2) is 6.60. The molecule has 0 atom stereocenters. The third-order valence-electron chi connectivity index (χ3n) is 2.78. The van der Waals surface area contributed by atoms with Crippen molar-refractivity contribution < 1.29 is 4.39 Å². The van der Waals surface area contributed by atoms with Gasteiger partial charge in [-0.15, -0.1) is 0 Å². The summed E-state index contributed by atoms with van der Waals surface area (Å²) in [5.74, 6) is 0.476. The van der Waals surface area contributed by atoms with Gasteiger partial charge in [0.2, 0.25) is 0 Å². The number of halogens is 1. The van der Waals surface area contributed by atoms with E-state index in [0.29, 0.717) is 11.6 Å². The minimum Gasteiger partial charge on any atom is -0.373 e. The lowest BCUT2D eigenvalue weighted by atomic mass is 10.1. The molecule has 0 saturated heterocycles. The number of hydrogen-bond donors (Lipinski definition) is 1. The van der Waals surface area contributed by atoms with E-state index in [-0.39, 0.29) is 5.82 Å². The Kier molecular flexibility index (Phi) is 5.42. The summed E-state index contributed by atoms with van der Waals surface area (Å²) in [4.78, 5) is 1.90. The highest BCUT2D eigenvalue weighted by atomic mass is 19.1. The lowest BCUT2D eigenvalue weighted by molar-refractivity contribution is 0.550. The standard InChI is InChI=1S/C14H23FN2/c1-5-17(4)14-7-6-12(8-13(14)15)10-16-9-11(2)3/h6-8,11,16H,5,9-10H2,1-4H3. The molecule has 0 radical (unpaired) electrons. The van der Waals surface area contributed by atoms with Gasteiger partial charge in [0.15, 0.2) is 0 Å². The van der Waals surface area contributed by atoms with Crippen molar-refractivity contribution in [2.24, 2.45) is 5.92 Å². The maximum Gasteiger partial charge on any atom is 0.146 e. The first-order chi connectivity index (χ1) is 8.04. The van der Waals surface area contributed by atoms with Gasteiger partial charge in [0.1, 0.15) is 5.82 Å². The lowest BCUT2D eigenvalue weighted by Crippen LogP contribution is -2.20. The fourth-order valence-electron chi connectivity index (χ4n) is 1.65. The SMILES string of the molecule is CCN(C)c1ccc(CNCC(C)C)cc1F. The van der Waals surface area contributed by atoms with Crippen molar-refractivity contribution in [1.82, 2.24) is 5.32 Å². The molecule has 0 spiro atoms. The molecule has 1 rings (SSSR count). The van der Waals surface area contributed by atoms with Crippen molar-refractivity contribution in [3.8, 4) is 0 Å². The Balaban J connectivity index is 2.62. The minimum absolute atomic E-state index is 0.141. The zero-order valence-electron chi connectivity index (χ0n) is 11.3. The molecule has 0 aromatic heterocycles. The first kappa shape index (κ1) is 14.0. The zero-order chi connectivity index (χ0) is 12.8. The summed E-state index contributed by atoms with van der Waals surface area (Å²) < 4.78 is 13.8. The largest absolute Gasteiger partial charge is 0.373 e. The second-order valence-electron chi connectivity index (χ2n) is 4.82. The van der Waals surface area contributed by atoms with Gasteiger partial charge in [-0.05, 0) is 37.1 Å². The summed E-state index contributed by atoms with van der Waals surface area (Å²) in [6, 6.07) is 5.46. The number of hydrogen-bond acceptors (Lipinski definition) is 2. The first-order valence-corrected chi connectivity index (χ1v) is 6.24. The van der Waals surface area contributed by atoms with Gasteiger partial charge in [0, 0.05) is 20.1 Å². The first-order valence-electron chi connectivity index (χ1n) is 6.24. The average Bonchev–Trinajstić information content (AvgIpc) is 2.28. The van der Waals surface area contributed by atoms with Crippen LogP contribution in [-0.2, 0) is 6.54 Å². The maximum atomic E-state index is 13.8. The van der Waals surface area contributed by atoms with Crippen LogP contribution in [0.1, 0.15) is 26.3 Å². The Bertz CT molecular complexity index is 350. The predicted octanol–water partition coefficient (Wildman–Crippen LogP) is 3.03. The number of benzene rings is 1. The molecule has 1 aromatic rings. The Labute approximate surface area is 104 Å². The molecule has 0 bridgehead atoms. The summed E-state index contributed by atoms with van der Waals surface area (Å²) >= 11 is 0. The summed E-state index contributed by atoms with van der Waals surface area (Å²) in [6.07, 6.45) is 0. The predicted molar refractivity (Wildman–Crippen MR) is 71.9 cm³/mol. The van der Waals surface area contributed by atoms with E-state index in [9.17, 15) is 4.39 Å². The van der Waals surface area contributed by atoms with Crippen LogP contribution in [0, 0.1) is 11.7 Å². The van der Waals surface area contributed by atoms with Crippen molar-refractivity contribution in [3.05, 3.63) is 29.6 Å². The van der Waals surface area contributed by atoms with Crippen molar-refractivity contribution in [1.29, 1.82) is 0 Å². The van der Waals surface area contributed by atoms with Crippen LogP contribution < -0.4 is 10.2 Å². The molecule has 0 aliphatic rings. The van der Waals surface area contributed by atoms with E-state index in [1.807, 2.05) is 31.0 Å². The monoisotopic (exact) mass is 238 g/mol. The van der Waals surface area contributed by atoms with E-state index in [2.05, 4.69) is 19.2 Å². The summed E-state index contributed by atoms with van der Waals surface area (Å²) in [5.41, 5.74) is 1.66. The number of nitrogens with one attached hydrogen (secondary N) is 1. The molecular formula is C14H23FN2. The van der Waals surface area contributed by atoms with Crippen molar-refractivity contribution >= 4 is 5.69 Å². The molecule has 0 unspecified atom stereocenters. The molecule has 1 N–H and O–H groups in total. The van der Waals surface area contributed by atoms with E-state index in [4.69, 9.17) is 0 Å². The maximum absolute atomic E-state index is 13.8.